The Balaban J connectivity index is 2.03. The van der Waals surface area contributed by atoms with Gasteiger partial charge in [0.1, 0.15) is 0 Å². The zero-order valence-corrected chi connectivity index (χ0v) is 12.7. The molecule has 3 atom stereocenters. The predicted octanol–water partition coefficient (Wildman–Crippen LogP) is 3.31. The molecular weight excluding hydrogens is 279 g/mol. The Bertz CT molecular complexity index is 442. The summed E-state index contributed by atoms with van der Waals surface area (Å²) < 4.78 is 40.6. The molecule has 3 nitrogen and oxygen atoms in total. The summed E-state index contributed by atoms with van der Waals surface area (Å²) in [4.78, 5) is 0. The molecule has 0 saturated heterocycles. The van der Waals surface area contributed by atoms with Crippen LogP contribution in [0.4, 0.5) is 13.2 Å². The van der Waals surface area contributed by atoms with Gasteiger partial charge in [-0.1, -0.05) is 13.3 Å². The van der Waals surface area contributed by atoms with Crippen molar-refractivity contribution in [2.24, 2.45) is 18.9 Å². The number of nitrogens with one attached hydrogen (secondary N) is 1. The summed E-state index contributed by atoms with van der Waals surface area (Å²) in [5.74, 6) is -1.04. The third kappa shape index (κ3) is 4.46. The van der Waals surface area contributed by atoms with Crippen LogP contribution in [-0.4, -0.2) is 28.5 Å². The lowest BCUT2D eigenvalue weighted by Gasteiger charge is -2.35. The van der Waals surface area contributed by atoms with E-state index >= 15 is 0 Å². The molecule has 1 aromatic rings. The molecule has 1 heterocycles. The quantitative estimate of drug-likeness (QED) is 0.904. The van der Waals surface area contributed by atoms with Crippen molar-refractivity contribution >= 4 is 0 Å². The molecule has 21 heavy (non-hydrogen) atoms. The average molecular weight is 303 g/mol. The number of likely N-dealkylation sites (N-methyl/N-ethyl adjacent to an activating group) is 1. The van der Waals surface area contributed by atoms with E-state index in [9.17, 15) is 13.2 Å². The molecule has 1 saturated carbocycles. The van der Waals surface area contributed by atoms with Crippen LogP contribution in [0.3, 0.4) is 0 Å². The number of aryl methyl sites for hydroxylation is 1. The maximum atomic E-state index is 13.0. The van der Waals surface area contributed by atoms with Crippen LogP contribution in [0.15, 0.2) is 12.4 Å². The number of rotatable bonds is 5. The van der Waals surface area contributed by atoms with Crippen LogP contribution in [0, 0.1) is 11.8 Å². The SMILES string of the molecule is CCNC(Cc1cnn(C)c1)C1CCCC(C(F)(F)F)C1. The Morgan fingerprint density at radius 1 is 1.43 bits per heavy atom. The van der Waals surface area contributed by atoms with Crippen LogP contribution in [0.2, 0.25) is 0 Å². The van der Waals surface area contributed by atoms with Gasteiger partial charge in [0.2, 0.25) is 0 Å². The number of halogens is 3. The molecule has 0 amide bonds. The minimum atomic E-state index is -4.05. The first kappa shape index (κ1) is 16.3. The van der Waals surface area contributed by atoms with E-state index in [1.54, 1.807) is 10.9 Å². The summed E-state index contributed by atoms with van der Waals surface area (Å²) in [7, 11) is 1.85. The molecule has 120 valence electrons. The minimum Gasteiger partial charge on any atom is -0.314 e. The van der Waals surface area contributed by atoms with E-state index in [-0.39, 0.29) is 24.8 Å². The van der Waals surface area contributed by atoms with Gasteiger partial charge in [0.25, 0.3) is 0 Å². The van der Waals surface area contributed by atoms with Crippen LogP contribution in [0.25, 0.3) is 0 Å². The largest absolute Gasteiger partial charge is 0.391 e. The molecule has 1 fully saturated rings. The van der Waals surface area contributed by atoms with Crippen LogP contribution in [0.5, 0.6) is 0 Å². The van der Waals surface area contributed by atoms with Gasteiger partial charge >= 0.3 is 6.18 Å². The molecule has 0 aromatic carbocycles. The first-order chi connectivity index (χ1) is 9.90. The van der Waals surface area contributed by atoms with Gasteiger partial charge in [-0.05, 0) is 43.7 Å². The molecule has 0 spiro atoms. The first-order valence-corrected chi connectivity index (χ1v) is 7.67. The van der Waals surface area contributed by atoms with E-state index in [1.807, 2.05) is 20.2 Å². The van der Waals surface area contributed by atoms with E-state index in [4.69, 9.17) is 0 Å². The van der Waals surface area contributed by atoms with Crippen LogP contribution in [-0.2, 0) is 13.5 Å². The minimum absolute atomic E-state index is 0.0885. The third-order valence-corrected chi connectivity index (χ3v) is 4.43. The molecule has 0 aliphatic heterocycles. The Morgan fingerprint density at radius 2 is 2.19 bits per heavy atom. The van der Waals surface area contributed by atoms with Crippen molar-refractivity contribution in [1.82, 2.24) is 15.1 Å². The zero-order chi connectivity index (χ0) is 15.5. The molecule has 1 aliphatic carbocycles. The standard InChI is InChI=1S/C15H24F3N3/c1-3-19-14(7-11-9-20-21(2)10-11)12-5-4-6-13(8-12)15(16,17)18/h9-10,12-14,19H,3-8H2,1-2H3. The highest BCUT2D eigenvalue weighted by molar-refractivity contribution is 5.07. The average Bonchev–Trinajstić information content (AvgIpc) is 2.83. The number of aromatic nitrogens is 2. The number of nitrogens with zero attached hydrogens (tertiary/aromatic N) is 2. The van der Waals surface area contributed by atoms with Crippen LogP contribution in [0.1, 0.15) is 38.2 Å². The predicted molar refractivity (Wildman–Crippen MR) is 75.9 cm³/mol. The fourth-order valence-electron chi connectivity index (χ4n) is 3.39. The van der Waals surface area contributed by atoms with Crippen molar-refractivity contribution in [2.75, 3.05) is 6.54 Å². The fraction of sp³-hybridized carbons (Fsp3) is 0.800. The summed E-state index contributed by atoms with van der Waals surface area (Å²) in [5, 5.41) is 7.52. The van der Waals surface area contributed by atoms with Crippen LogP contribution < -0.4 is 5.32 Å². The molecule has 0 radical (unpaired) electrons. The highest BCUT2D eigenvalue weighted by Gasteiger charge is 2.43. The number of hydrogen-bond acceptors (Lipinski definition) is 2. The number of alkyl halides is 3. The molecule has 0 bridgehead atoms. The highest BCUT2D eigenvalue weighted by atomic mass is 19.4. The second kappa shape index (κ2) is 6.81. The van der Waals surface area contributed by atoms with E-state index in [0.717, 1.165) is 24.9 Å². The summed E-state index contributed by atoms with van der Waals surface area (Å²) >= 11 is 0. The maximum Gasteiger partial charge on any atom is 0.391 e. The monoisotopic (exact) mass is 303 g/mol. The van der Waals surface area contributed by atoms with Gasteiger partial charge in [-0.15, -0.1) is 0 Å². The van der Waals surface area contributed by atoms with Crippen LogP contribution >= 0.6 is 0 Å². The summed E-state index contributed by atoms with van der Waals surface area (Å²) in [5.41, 5.74) is 1.08. The summed E-state index contributed by atoms with van der Waals surface area (Å²) in [6, 6.07) is 0.101. The normalized spacial score (nSPS) is 25.0. The Morgan fingerprint density at radius 3 is 2.76 bits per heavy atom. The van der Waals surface area contributed by atoms with Gasteiger partial charge in [-0.2, -0.15) is 18.3 Å². The van der Waals surface area contributed by atoms with Gasteiger partial charge in [-0.3, -0.25) is 4.68 Å². The summed E-state index contributed by atoms with van der Waals surface area (Å²) in [6.45, 7) is 2.78. The molecule has 1 aromatic heterocycles. The van der Waals surface area contributed by atoms with Gasteiger partial charge in [0.15, 0.2) is 0 Å². The van der Waals surface area contributed by atoms with Crippen molar-refractivity contribution in [3.8, 4) is 0 Å². The Hall–Kier alpha value is -1.04. The highest BCUT2D eigenvalue weighted by Crippen LogP contribution is 2.41. The van der Waals surface area contributed by atoms with E-state index in [1.165, 1.54) is 0 Å². The molecular formula is C15H24F3N3. The maximum absolute atomic E-state index is 13.0. The molecule has 2 rings (SSSR count). The second-order valence-electron chi connectivity index (χ2n) is 6.06. The van der Waals surface area contributed by atoms with Crippen molar-refractivity contribution in [3.63, 3.8) is 0 Å². The molecule has 1 aliphatic rings. The van der Waals surface area contributed by atoms with E-state index < -0.39 is 12.1 Å². The van der Waals surface area contributed by atoms with Crippen molar-refractivity contribution in [1.29, 1.82) is 0 Å². The second-order valence-corrected chi connectivity index (χ2v) is 6.06. The molecule has 1 N–H and O–H groups in total. The first-order valence-electron chi connectivity index (χ1n) is 7.67. The third-order valence-electron chi connectivity index (χ3n) is 4.43. The topological polar surface area (TPSA) is 29.9 Å². The van der Waals surface area contributed by atoms with E-state index in [0.29, 0.717) is 6.42 Å². The lowest BCUT2D eigenvalue weighted by Crippen LogP contribution is -2.42. The lowest BCUT2D eigenvalue weighted by molar-refractivity contribution is -0.186. The lowest BCUT2D eigenvalue weighted by atomic mass is 9.76. The Labute approximate surface area is 123 Å². The Kier molecular flexibility index (Phi) is 5.30. The van der Waals surface area contributed by atoms with Gasteiger partial charge < -0.3 is 5.32 Å². The van der Waals surface area contributed by atoms with Gasteiger partial charge in [0, 0.05) is 19.3 Å². The fourth-order valence-corrected chi connectivity index (χ4v) is 3.39. The molecule has 3 unspecified atom stereocenters. The van der Waals surface area contributed by atoms with E-state index in [2.05, 4.69) is 10.4 Å². The smallest absolute Gasteiger partial charge is 0.314 e. The van der Waals surface area contributed by atoms with Crippen molar-refractivity contribution in [3.05, 3.63) is 18.0 Å². The van der Waals surface area contributed by atoms with Crippen molar-refractivity contribution in [2.45, 2.75) is 51.2 Å². The van der Waals surface area contributed by atoms with Crippen molar-refractivity contribution < 1.29 is 13.2 Å². The van der Waals surface area contributed by atoms with Gasteiger partial charge in [0.05, 0.1) is 12.1 Å². The molecule has 6 heteroatoms. The van der Waals surface area contributed by atoms with Gasteiger partial charge in [-0.25, -0.2) is 0 Å². The summed E-state index contributed by atoms with van der Waals surface area (Å²) in [6.07, 6.45) is 2.52. The number of hydrogen-bond donors (Lipinski definition) is 1. The zero-order valence-electron chi connectivity index (χ0n) is 12.7.